The molecule has 2 atom stereocenters. The highest BCUT2D eigenvalue weighted by Crippen LogP contribution is 2.44. The molecule has 0 radical (unpaired) electrons. The van der Waals surface area contributed by atoms with Gasteiger partial charge in [0.1, 0.15) is 0 Å². The number of aromatic nitrogens is 2. The summed E-state index contributed by atoms with van der Waals surface area (Å²) in [4.78, 5) is 6.71. The topological polar surface area (TPSA) is 33.1 Å². The van der Waals surface area contributed by atoms with E-state index in [1.54, 1.807) is 12.3 Å². The normalized spacial score (nSPS) is 17.8. The number of rotatable bonds is 5. The number of aryl methyl sites for hydroxylation is 1. The molecular weight excluding hydrogens is 505 g/mol. The number of pyridine rings is 1. The summed E-state index contributed by atoms with van der Waals surface area (Å²) in [6.45, 7) is 8.16. The van der Waals surface area contributed by atoms with Gasteiger partial charge in [-0.3, -0.25) is 4.98 Å². The van der Waals surface area contributed by atoms with Gasteiger partial charge in [0.25, 0.3) is 0 Å². The van der Waals surface area contributed by atoms with E-state index in [0.717, 1.165) is 34.4 Å². The molecule has 1 fully saturated rings. The van der Waals surface area contributed by atoms with Crippen LogP contribution in [0.1, 0.15) is 65.6 Å². The summed E-state index contributed by atoms with van der Waals surface area (Å²) in [7, 11) is 0. The molecule has 0 saturated carbocycles. The van der Waals surface area contributed by atoms with Crippen LogP contribution in [0.5, 0.6) is 0 Å². The number of halogens is 3. The lowest BCUT2D eigenvalue weighted by Crippen LogP contribution is -2.29. The van der Waals surface area contributed by atoms with Gasteiger partial charge in [-0.2, -0.15) is 13.2 Å². The van der Waals surface area contributed by atoms with Crippen LogP contribution < -0.4 is 10.2 Å². The van der Waals surface area contributed by atoms with Gasteiger partial charge in [0.2, 0.25) is 0 Å². The highest BCUT2D eigenvalue weighted by Gasteiger charge is 2.42. The number of nitrogens with one attached hydrogen (secondary N) is 1. The van der Waals surface area contributed by atoms with Crippen molar-refractivity contribution >= 4 is 23.0 Å². The van der Waals surface area contributed by atoms with Gasteiger partial charge in [0.05, 0.1) is 23.3 Å². The van der Waals surface area contributed by atoms with E-state index in [0.29, 0.717) is 16.7 Å². The van der Waals surface area contributed by atoms with Crippen LogP contribution in [-0.4, -0.2) is 14.7 Å². The fourth-order valence-electron chi connectivity index (χ4n) is 5.27. The lowest BCUT2D eigenvalue weighted by Gasteiger charge is -2.28. The van der Waals surface area contributed by atoms with Gasteiger partial charge in [0.15, 0.2) is 5.11 Å². The zero-order valence-electron chi connectivity index (χ0n) is 21.6. The molecular formula is C30H29F3N4S. The first kappa shape index (κ1) is 26.0. The quantitative estimate of drug-likeness (QED) is 0.265. The summed E-state index contributed by atoms with van der Waals surface area (Å²) in [5.74, 6) is 0.399. The van der Waals surface area contributed by atoms with Crippen LogP contribution in [0.4, 0.5) is 18.9 Å². The van der Waals surface area contributed by atoms with Crippen LogP contribution in [0, 0.1) is 13.8 Å². The molecule has 5 rings (SSSR count). The molecule has 1 aliphatic rings. The first-order valence-electron chi connectivity index (χ1n) is 12.5. The Morgan fingerprint density at radius 3 is 2.29 bits per heavy atom. The predicted molar refractivity (Wildman–Crippen MR) is 149 cm³/mol. The van der Waals surface area contributed by atoms with Crippen molar-refractivity contribution in [2.75, 3.05) is 4.90 Å². The van der Waals surface area contributed by atoms with Gasteiger partial charge in [-0.15, -0.1) is 0 Å². The summed E-state index contributed by atoms with van der Waals surface area (Å²) < 4.78 is 42.3. The molecule has 0 amide bonds. The Morgan fingerprint density at radius 1 is 0.921 bits per heavy atom. The van der Waals surface area contributed by atoms with Gasteiger partial charge >= 0.3 is 6.18 Å². The molecule has 2 unspecified atom stereocenters. The molecule has 1 N–H and O–H groups in total. The maximum absolute atomic E-state index is 13.5. The Balaban J connectivity index is 1.65. The molecule has 1 aliphatic heterocycles. The summed E-state index contributed by atoms with van der Waals surface area (Å²) in [5.41, 5.74) is 5.46. The van der Waals surface area contributed by atoms with E-state index in [1.165, 1.54) is 17.7 Å². The number of benzene rings is 2. The number of hydrogen-bond donors (Lipinski definition) is 1. The lowest BCUT2D eigenvalue weighted by molar-refractivity contribution is -0.137. The van der Waals surface area contributed by atoms with Crippen molar-refractivity contribution in [2.45, 2.75) is 51.9 Å². The van der Waals surface area contributed by atoms with Gasteiger partial charge in [-0.05, 0) is 91.6 Å². The number of hydrogen-bond acceptors (Lipinski definition) is 2. The van der Waals surface area contributed by atoms with Crippen LogP contribution in [-0.2, 0) is 6.18 Å². The Hall–Kier alpha value is -3.65. The highest BCUT2D eigenvalue weighted by molar-refractivity contribution is 7.80. The average molecular weight is 535 g/mol. The van der Waals surface area contributed by atoms with Gasteiger partial charge in [-0.1, -0.05) is 38.1 Å². The van der Waals surface area contributed by atoms with E-state index in [1.807, 2.05) is 42.7 Å². The van der Waals surface area contributed by atoms with E-state index in [9.17, 15) is 13.2 Å². The summed E-state index contributed by atoms with van der Waals surface area (Å²) in [6, 6.07) is 21.1. The fraction of sp³-hybridized carbons (Fsp3) is 0.267. The molecule has 2 aromatic heterocycles. The van der Waals surface area contributed by atoms with E-state index >= 15 is 0 Å². The lowest BCUT2D eigenvalue weighted by atomic mass is 9.96. The first-order chi connectivity index (χ1) is 18.1. The SMILES string of the molecule is Cc1cc(C2C(c3ccccn3)NC(=S)N2c2ccc(C(C)C)cc2)c(C)n1-c1cccc(C(F)(F)F)c1. The zero-order chi connectivity index (χ0) is 27.2. The first-order valence-corrected chi connectivity index (χ1v) is 12.9. The Bertz CT molecular complexity index is 1460. The van der Waals surface area contributed by atoms with Crippen LogP contribution in [0.15, 0.2) is 79.0 Å². The van der Waals surface area contributed by atoms with Crippen molar-refractivity contribution in [1.29, 1.82) is 0 Å². The van der Waals surface area contributed by atoms with Crippen molar-refractivity contribution < 1.29 is 13.2 Å². The highest BCUT2D eigenvalue weighted by atomic mass is 32.1. The Labute approximate surface area is 226 Å². The van der Waals surface area contributed by atoms with E-state index in [4.69, 9.17) is 12.2 Å². The predicted octanol–water partition coefficient (Wildman–Crippen LogP) is 7.81. The van der Waals surface area contributed by atoms with Crippen LogP contribution in [0.25, 0.3) is 5.69 Å². The minimum absolute atomic E-state index is 0.246. The maximum Gasteiger partial charge on any atom is 0.416 e. The molecule has 0 bridgehead atoms. The summed E-state index contributed by atoms with van der Waals surface area (Å²) in [5, 5.41) is 4.04. The second-order valence-corrected chi connectivity index (χ2v) is 10.3. The van der Waals surface area contributed by atoms with E-state index < -0.39 is 11.7 Å². The minimum Gasteiger partial charge on any atom is -0.351 e. The molecule has 196 valence electrons. The maximum atomic E-state index is 13.5. The monoisotopic (exact) mass is 534 g/mol. The second-order valence-electron chi connectivity index (χ2n) is 9.95. The third-order valence-electron chi connectivity index (χ3n) is 7.16. The number of anilines is 1. The third kappa shape index (κ3) is 4.69. The van der Waals surface area contributed by atoms with Crippen LogP contribution in [0.3, 0.4) is 0 Å². The van der Waals surface area contributed by atoms with Gasteiger partial charge in [-0.25, -0.2) is 0 Å². The third-order valence-corrected chi connectivity index (χ3v) is 7.47. The van der Waals surface area contributed by atoms with Crippen molar-refractivity contribution in [2.24, 2.45) is 0 Å². The van der Waals surface area contributed by atoms with Crippen molar-refractivity contribution in [1.82, 2.24) is 14.9 Å². The molecule has 3 heterocycles. The second kappa shape index (κ2) is 9.91. The van der Waals surface area contributed by atoms with Gasteiger partial charge in [0, 0.05) is 29.0 Å². The molecule has 4 nitrogen and oxygen atoms in total. The van der Waals surface area contributed by atoms with Crippen LogP contribution >= 0.6 is 12.2 Å². The number of nitrogens with zero attached hydrogens (tertiary/aromatic N) is 3. The number of alkyl halides is 3. The van der Waals surface area contributed by atoms with E-state index in [2.05, 4.69) is 53.3 Å². The standard InChI is InChI=1S/C30H29F3N4S/c1-18(2)21-11-13-23(14-12-21)37-28(27(35-29(37)38)26-10-5-6-15-34-26)25-16-19(3)36(20(25)4)24-9-7-8-22(17-24)30(31,32)33/h5-18,27-28H,1-4H3,(H,35,38). The fourth-order valence-corrected chi connectivity index (χ4v) is 5.62. The van der Waals surface area contributed by atoms with Crippen molar-refractivity contribution in [3.05, 3.63) is 113 Å². The Morgan fingerprint density at radius 2 is 1.66 bits per heavy atom. The largest absolute Gasteiger partial charge is 0.416 e. The molecule has 38 heavy (non-hydrogen) atoms. The van der Waals surface area contributed by atoms with Crippen molar-refractivity contribution in [3.8, 4) is 5.69 Å². The smallest absolute Gasteiger partial charge is 0.351 e. The molecule has 0 aliphatic carbocycles. The van der Waals surface area contributed by atoms with E-state index in [-0.39, 0.29) is 12.1 Å². The Kier molecular flexibility index (Phi) is 6.77. The molecule has 0 spiro atoms. The molecule has 4 aromatic rings. The molecule has 1 saturated heterocycles. The van der Waals surface area contributed by atoms with Crippen molar-refractivity contribution in [3.63, 3.8) is 0 Å². The van der Waals surface area contributed by atoms with Crippen LogP contribution in [0.2, 0.25) is 0 Å². The molecule has 8 heteroatoms. The number of thiocarbonyl (C=S) groups is 1. The average Bonchev–Trinajstić information content (AvgIpc) is 3.39. The zero-order valence-corrected chi connectivity index (χ0v) is 22.4. The summed E-state index contributed by atoms with van der Waals surface area (Å²) in [6.07, 6.45) is -2.67. The minimum atomic E-state index is -4.42. The van der Waals surface area contributed by atoms with Gasteiger partial charge < -0.3 is 14.8 Å². The summed E-state index contributed by atoms with van der Waals surface area (Å²) >= 11 is 5.85. The molecule has 2 aromatic carbocycles.